The predicted octanol–water partition coefficient (Wildman–Crippen LogP) is 1.37. The highest BCUT2D eigenvalue weighted by Crippen LogP contribution is 2.43. The Morgan fingerprint density at radius 1 is 0.379 bits per heavy atom. The first kappa shape index (κ1) is 18.9. The van der Waals surface area contributed by atoms with Crippen molar-refractivity contribution in [1.82, 2.24) is 0 Å². The van der Waals surface area contributed by atoms with E-state index in [1.807, 2.05) is 0 Å². The Morgan fingerprint density at radius 3 is 0.724 bits per heavy atom. The number of rotatable bonds is 4. The van der Waals surface area contributed by atoms with Gasteiger partial charge in [0.1, 0.15) is 28.2 Å². The van der Waals surface area contributed by atoms with Crippen LogP contribution in [0.3, 0.4) is 0 Å². The average molecular weight is 385 g/mol. The highest BCUT2D eigenvalue weighted by molar-refractivity contribution is 5.57. The van der Waals surface area contributed by atoms with E-state index in [4.69, 9.17) is 0 Å². The van der Waals surface area contributed by atoms with E-state index in [2.05, 4.69) is 145 Å². The van der Waals surface area contributed by atoms with E-state index >= 15 is 0 Å². The Labute approximate surface area is 172 Å². The lowest BCUT2D eigenvalue weighted by molar-refractivity contribution is -0.671. The van der Waals surface area contributed by atoms with Crippen molar-refractivity contribution in [3.05, 3.63) is 120 Å². The highest BCUT2D eigenvalue weighted by Gasteiger charge is 2.40. The second kappa shape index (κ2) is 7.55. The summed E-state index contributed by atoms with van der Waals surface area (Å²) in [6, 6.07) is 17.8. The molecule has 0 aromatic carbocycles. The summed E-state index contributed by atoms with van der Waals surface area (Å²) in [4.78, 5) is 0. The molecule has 4 aromatic rings. The maximum atomic E-state index is 2.23. The number of hydrogen-bond acceptors (Lipinski definition) is 0. The predicted molar refractivity (Wildman–Crippen MR) is 109 cm³/mol. The first-order chi connectivity index (χ1) is 14.0. The number of nitrogens with zero attached hydrogens (tertiary/aromatic N) is 4. The van der Waals surface area contributed by atoms with Crippen molar-refractivity contribution in [2.24, 2.45) is 28.2 Å². The molecule has 0 aliphatic heterocycles. The van der Waals surface area contributed by atoms with Gasteiger partial charge in [0.25, 0.3) is 0 Å². The zero-order valence-electron chi connectivity index (χ0n) is 17.5. The zero-order chi connectivity index (χ0) is 20.4. The van der Waals surface area contributed by atoms with Crippen molar-refractivity contribution in [1.29, 1.82) is 0 Å². The van der Waals surface area contributed by atoms with E-state index in [0.717, 1.165) is 0 Å². The molecule has 0 bridgehead atoms. The largest absolute Gasteiger partial charge is 0.208 e. The summed E-state index contributed by atoms with van der Waals surface area (Å²) in [7, 11) is 8.22. The summed E-state index contributed by atoms with van der Waals surface area (Å²) in [5.41, 5.74) is 4.56. The van der Waals surface area contributed by atoms with Gasteiger partial charge in [-0.2, -0.15) is 0 Å². The van der Waals surface area contributed by atoms with Gasteiger partial charge in [0, 0.05) is 48.5 Å². The molecule has 0 radical (unpaired) electrons. The Kier molecular flexibility index (Phi) is 4.93. The number of pyridine rings is 4. The molecule has 0 aliphatic carbocycles. The van der Waals surface area contributed by atoms with Crippen molar-refractivity contribution in [3.63, 3.8) is 0 Å². The van der Waals surface area contributed by atoms with Gasteiger partial charge in [-0.3, -0.25) is 0 Å². The van der Waals surface area contributed by atoms with Gasteiger partial charge in [-0.1, -0.05) is 0 Å². The normalized spacial score (nSPS) is 11.4. The first-order valence-electron chi connectivity index (χ1n) is 9.83. The van der Waals surface area contributed by atoms with Crippen LogP contribution in [0.15, 0.2) is 98.1 Å². The van der Waals surface area contributed by atoms with E-state index < -0.39 is 5.41 Å². The number of hydrogen-bond donors (Lipinski definition) is 0. The average Bonchev–Trinajstić information content (AvgIpc) is 2.73. The second-order valence-electron chi connectivity index (χ2n) is 7.76. The standard InChI is InChI=1S/C25H28N4/c1-26-13-5-21(6-14-26)25(22-7-15-27(2)16-8-22,23-9-17-28(3)18-10-23)24-11-19-29(4)20-12-24/h5-20H,1-4H3/q+4. The maximum absolute atomic E-state index is 2.23. The van der Waals surface area contributed by atoms with E-state index in [9.17, 15) is 0 Å². The maximum Gasteiger partial charge on any atom is 0.168 e. The summed E-state index contributed by atoms with van der Waals surface area (Å²) in [5, 5.41) is 0. The molecule has 0 atom stereocenters. The van der Waals surface area contributed by atoms with Crippen molar-refractivity contribution >= 4 is 0 Å². The molecular weight excluding hydrogens is 356 g/mol. The van der Waals surface area contributed by atoms with Crippen molar-refractivity contribution in [3.8, 4) is 0 Å². The van der Waals surface area contributed by atoms with Gasteiger partial charge in [0.15, 0.2) is 49.6 Å². The van der Waals surface area contributed by atoms with Gasteiger partial charge < -0.3 is 0 Å². The molecule has 0 unspecified atom stereocenters. The van der Waals surface area contributed by atoms with Crippen LogP contribution in [0, 0.1) is 0 Å². The molecule has 0 saturated heterocycles. The fourth-order valence-electron chi connectivity index (χ4n) is 4.00. The minimum atomic E-state index is -0.412. The minimum absolute atomic E-state index is 0.412. The molecule has 0 amide bonds. The summed E-state index contributed by atoms with van der Waals surface area (Å²) in [5.74, 6) is 0. The van der Waals surface area contributed by atoms with Crippen molar-refractivity contribution < 1.29 is 18.3 Å². The van der Waals surface area contributed by atoms with Gasteiger partial charge in [0.2, 0.25) is 0 Å². The van der Waals surface area contributed by atoms with Gasteiger partial charge in [-0.15, -0.1) is 0 Å². The van der Waals surface area contributed by atoms with Crippen LogP contribution in [-0.4, -0.2) is 0 Å². The molecule has 0 N–H and O–H groups in total. The van der Waals surface area contributed by atoms with Gasteiger partial charge in [-0.05, 0) is 22.3 Å². The molecular formula is C25H28N4+4. The van der Waals surface area contributed by atoms with Gasteiger partial charge >= 0.3 is 0 Å². The van der Waals surface area contributed by atoms with E-state index in [1.165, 1.54) is 22.3 Å². The fourth-order valence-corrected chi connectivity index (χ4v) is 4.00. The third-order valence-corrected chi connectivity index (χ3v) is 5.65. The molecule has 4 rings (SSSR count). The van der Waals surface area contributed by atoms with Gasteiger partial charge in [-0.25, -0.2) is 18.3 Å². The lowest BCUT2D eigenvalue weighted by Crippen LogP contribution is -2.37. The number of aromatic nitrogens is 4. The minimum Gasteiger partial charge on any atom is -0.208 e. The molecule has 0 fully saturated rings. The van der Waals surface area contributed by atoms with E-state index in [1.54, 1.807) is 0 Å². The monoisotopic (exact) mass is 384 g/mol. The van der Waals surface area contributed by atoms with Crippen LogP contribution in [0.25, 0.3) is 0 Å². The summed E-state index contributed by atoms with van der Waals surface area (Å²) in [6.45, 7) is 0. The van der Waals surface area contributed by atoms with Crippen LogP contribution in [0.4, 0.5) is 0 Å². The lowest BCUT2D eigenvalue weighted by atomic mass is 9.66. The summed E-state index contributed by atoms with van der Waals surface area (Å²) >= 11 is 0. The van der Waals surface area contributed by atoms with Crippen molar-refractivity contribution in [2.45, 2.75) is 5.41 Å². The molecule has 4 nitrogen and oxygen atoms in total. The van der Waals surface area contributed by atoms with Gasteiger partial charge in [0.05, 0.1) is 5.41 Å². The Morgan fingerprint density at radius 2 is 0.552 bits per heavy atom. The molecule has 0 aliphatic rings. The lowest BCUT2D eigenvalue weighted by Gasteiger charge is -2.35. The fraction of sp³-hybridized carbons (Fsp3) is 0.200. The molecule has 4 aromatic heterocycles. The molecule has 0 spiro atoms. The molecule has 0 saturated carbocycles. The molecule has 4 heterocycles. The van der Waals surface area contributed by atoms with E-state index in [0.29, 0.717) is 0 Å². The quantitative estimate of drug-likeness (QED) is 0.473. The SMILES string of the molecule is C[n+]1ccc(C(c2cc[n+](C)cc2)(c2cc[n+](C)cc2)c2cc[n+](C)cc2)cc1. The van der Waals surface area contributed by atoms with Crippen LogP contribution in [0.5, 0.6) is 0 Å². The van der Waals surface area contributed by atoms with Crippen LogP contribution >= 0.6 is 0 Å². The summed E-state index contributed by atoms with van der Waals surface area (Å²) in [6.07, 6.45) is 17.0. The smallest absolute Gasteiger partial charge is 0.168 e. The topological polar surface area (TPSA) is 15.5 Å². The van der Waals surface area contributed by atoms with Crippen LogP contribution in [-0.2, 0) is 33.6 Å². The van der Waals surface area contributed by atoms with Crippen LogP contribution < -0.4 is 18.3 Å². The first-order valence-corrected chi connectivity index (χ1v) is 9.83. The highest BCUT2D eigenvalue weighted by atomic mass is 14.9. The Hall–Kier alpha value is -3.40. The third-order valence-electron chi connectivity index (χ3n) is 5.65. The van der Waals surface area contributed by atoms with E-state index in [-0.39, 0.29) is 0 Å². The Balaban J connectivity index is 2.11. The zero-order valence-corrected chi connectivity index (χ0v) is 17.5. The Bertz CT molecular complexity index is 910. The molecule has 29 heavy (non-hydrogen) atoms. The molecule has 144 valence electrons. The van der Waals surface area contributed by atoms with Crippen molar-refractivity contribution in [2.75, 3.05) is 0 Å². The summed E-state index contributed by atoms with van der Waals surface area (Å²) < 4.78 is 8.31. The second-order valence-corrected chi connectivity index (χ2v) is 7.76. The van der Waals surface area contributed by atoms with Crippen LogP contribution in [0.2, 0.25) is 0 Å². The molecule has 4 heteroatoms. The number of aryl methyl sites for hydroxylation is 4. The third kappa shape index (κ3) is 3.42. The van der Waals surface area contributed by atoms with Crippen LogP contribution in [0.1, 0.15) is 22.3 Å².